The van der Waals surface area contributed by atoms with Crippen LogP contribution in [0.25, 0.3) is 0 Å². The van der Waals surface area contributed by atoms with E-state index in [1.165, 1.54) is 55.0 Å². The number of hydrogen-bond acceptors (Lipinski definition) is 4. The van der Waals surface area contributed by atoms with Crippen LogP contribution in [0.3, 0.4) is 0 Å². The van der Waals surface area contributed by atoms with Gasteiger partial charge in [0.05, 0.1) is 11.8 Å². The molecule has 2 aliphatic rings. The van der Waals surface area contributed by atoms with E-state index < -0.39 is 0 Å². The summed E-state index contributed by atoms with van der Waals surface area (Å²) in [6.45, 7) is 4.59. The molecule has 29 heavy (non-hydrogen) atoms. The topological polar surface area (TPSA) is 59.8 Å². The summed E-state index contributed by atoms with van der Waals surface area (Å²) in [7, 11) is 0. The van der Waals surface area contributed by atoms with Crippen molar-refractivity contribution >= 4 is 17.7 Å². The highest BCUT2D eigenvalue weighted by atomic mass is 32.2. The average Bonchev–Trinajstić information content (AvgIpc) is 3.16. The highest BCUT2D eigenvalue weighted by molar-refractivity contribution is 7.99. The normalized spacial score (nSPS) is 19.5. The van der Waals surface area contributed by atoms with Crippen molar-refractivity contribution in [3.63, 3.8) is 0 Å². The molecule has 0 bridgehead atoms. The maximum absolute atomic E-state index is 12.7. The Balaban J connectivity index is 1.39. The van der Waals surface area contributed by atoms with Crippen molar-refractivity contribution in [3.05, 3.63) is 53.9 Å². The third-order valence-corrected chi connectivity index (χ3v) is 7.03. The molecule has 4 rings (SSSR count). The summed E-state index contributed by atoms with van der Waals surface area (Å²) < 4.78 is 2.15. The first kappa shape index (κ1) is 20.2. The van der Waals surface area contributed by atoms with Crippen LogP contribution in [0.15, 0.2) is 42.1 Å². The molecule has 0 unspecified atom stereocenters. The minimum Gasteiger partial charge on any atom is -0.349 e. The van der Waals surface area contributed by atoms with Crippen molar-refractivity contribution in [2.45, 2.75) is 75.0 Å². The number of hydrogen-bond donors (Lipinski definition) is 1. The summed E-state index contributed by atoms with van der Waals surface area (Å²) in [5.41, 5.74) is 2.63. The number of fused-ring (bicyclic) bond motifs is 1. The summed E-state index contributed by atoms with van der Waals surface area (Å²) in [6.07, 6.45) is 11.3. The first-order chi connectivity index (χ1) is 14.3. The van der Waals surface area contributed by atoms with Gasteiger partial charge >= 0.3 is 0 Å². The molecule has 1 fully saturated rings. The molecule has 1 atom stereocenters. The van der Waals surface area contributed by atoms with Crippen molar-refractivity contribution < 1.29 is 4.79 Å². The SMILES string of the molecule is C=CCn1c(SCC(=O)N[C@@H]2CCCc3ccccc32)nnc1C1CCCCC1. The lowest BCUT2D eigenvalue weighted by molar-refractivity contribution is -0.119. The highest BCUT2D eigenvalue weighted by Crippen LogP contribution is 2.33. The van der Waals surface area contributed by atoms with Gasteiger partial charge in [-0.25, -0.2) is 0 Å². The lowest BCUT2D eigenvalue weighted by Gasteiger charge is -2.26. The number of nitrogens with zero attached hydrogens (tertiary/aromatic N) is 3. The molecular weight excluding hydrogens is 380 g/mol. The van der Waals surface area contributed by atoms with E-state index in [1.54, 1.807) is 0 Å². The smallest absolute Gasteiger partial charge is 0.230 e. The van der Waals surface area contributed by atoms with Crippen LogP contribution in [0.5, 0.6) is 0 Å². The van der Waals surface area contributed by atoms with Gasteiger partial charge in [-0.1, -0.05) is 61.4 Å². The van der Waals surface area contributed by atoms with Crippen LogP contribution in [-0.4, -0.2) is 26.4 Å². The van der Waals surface area contributed by atoms with E-state index in [0.29, 0.717) is 18.2 Å². The van der Waals surface area contributed by atoms with E-state index in [-0.39, 0.29) is 11.9 Å². The molecule has 2 aliphatic carbocycles. The van der Waals surface area contributed by atoms with Crippen molar-refractivity contribution in [1.82, 2.24) is 20.1 Å². The molecule has 154 valence electrons. The van der Waals surface area contributed by atoms with Crippen LogP contribution >= 0.6 is 11.8 Å². The molecule has 1 saturated carbocycles. The fraction of sp³-hybridized carbons (Fsp3) is 0.522. The second kappa shape index (κ2) is 9.61. The molecular formula is C23H30N4OS. The lowest BCUT2D eigenvalue weighted by atomic mass is 9.88. The summed E-state index contributed by atoms with van der Waals surface area (Å²) in [5, 5.41) is 13.0. The Kier molecular flexibility index (Phi) is 6.70. The van der Waals surface area contributed by atoms with Gasteiger partial charge in [0.2, 0.25) is 5.91 Å². The average molecular weight is 411 g/mol. The Labute approximate surface area is 177 Å². The molecule has 1 aromatic heterocycles. The molecule has 1 aromatic carbocycles. The molecule has 0 aliphatic heterocycles. The molecule has 1 amide bonds. The van der Waals surface area contributed by atoms with Crippen LogP contribution in [0, 0.1) is 0 Å². The van der Waals surface area contributed by atoms with Gasteiger partial charge in [0.25, 0.3) is 0 Å². The number of thioether (sulfide) groups is 1. The largest absolute Gasteiger partial charge is 0.349 e. The molecule has 5 nitrogen and oxygen atoms in total. The van der Waals surface area contributed by atoms with Gasteiger partial charge in [-0.05, 0) is 43.2 Å². The van der Waals surface area contributed by atoms with Crippen molar-refractivity contribution in [1.29, 1.82) is 0 Å². The van der Waals surface area contributed by atoms with Gasteiger partial charge in [0.15, 0.2) is 5.16 Å². The van der Waals surface area contributed by atoms with Gasteiger partial charge in [-0.15, -0.1) is 16.8 Å². The Morgan fingerprint density at radius 3 is 2.83 bits per heavy atom. The molecule has 0 saturated heterocycles. The van der Waals surface area contributed by atoms with E-state index in [0.717, 1.165) is 30.2 Å². The molecule has 1 N–H and O–H groups in total. The summed E-state index contributed by atoms with van der Waals surface area (Å²) in [6, 6.07) is 8.58. The number of aromatic nitrogens is 3. The number of amides is 1. The zero-order valence-electron chi connectivity index (χ0n) is 17.0. The Morgan fingerprint density at radius 2 is 2.00 bits per heavy atom. The number of rotatable bonds is 7. The minimum atomic E-state index is 0.0593. The fourth-order valence-corrected chi connectivity index (χ4v) is 5.41. The van der Waals surface area contributed by atoms with Gasteiger partial charge in [0, 0.05) is 12.5 Å². The standard InChI is InChI=1S/C23H30N4OS/c1-2-15-27-22(18-10-4-3-5-11-18)25-26-23(27)29-16-21(28)24-20-14-8-12-17-9-6-7-13-19(17)20/h2,6-7,9,13,18,20H,1,3-5,8,10-12,14-16H2,(H,24,28)/t20-/m1/s1. The van der Waals surface area contributed by atoms with E-state index in [4.69, 9.17) is 0 Å². The van der Waals surface area contributed by atoms with E-state index >= 15 is 0 Å². The van der Waals surface area contributed by atoms with Crippen molar-refractivity contribution in [2.75, 3.05) is 5.75 Å². The zero-order valence-corrected chi connectivity index (χ0v) is 17.8. The Morgan fingerprint density at radius 1 is 1.17 bits per heavy atom. The van der Waals surface area contributed by atoms with Crippen LogP contribution in [-0.2, 0) is 17.8 Å². The second-order valence-electron chi connectivity index (χ2n) is 8.07. The zero-order chi connectivity index (χ0) is 20.1. The van der Waals surface area contributed by atoms with Gasteiger partial charge < -0.3 is 9.88 Å². The summed E-state index contributed by atoms with van der Waals surface area (Å²) >= 11 is 1.48. The van der Waals surface area contributed by atoms with Gasteiger partial charge in [-0.2, -0.15) is 0 Å². The molecule has 0 radical (unpaired) electrons. The Hall–Kier alpha value is -2.08. The fourth-order valence-electron chi connectivity index (χ4n) is 4.64. The molecule has 6 heteroatoms. The maximum atomic E-state index is 12.7. The maximum Gasteiger partial charge on any atom is 0.230 e. The van der Waals surface area contributed by atoms with E-state index in [9.17, 15) is 4.79 Å². The number of carbonyl (C=O) groups excluding carboxylic acids is 1. The highest BCUT2D eigenvalue weighted by Gasteiger charge is 2.24. The monoisotopic (exact) mass is 410 g/mol. The second-order valence-corrected chi connectivity index (χ2v) is 9.02. The van der Waals surface area contributed by atoms with Crippen molar-refractivity contribution in [2.24, 2.45) is 0 Å². The lowest BCUT2D eigenvalue weighted by Crippen LogP contribution is -2.32. The quantitative estimate of drug-likeness (QED) is 0.526. The van der Waals surface area contributed by atoms with E-state index in [2.05, 4.69) is 50.9 Å². The Bertz CT molecular complexity index is 856. The third kappa shape index (κ3) is 4.74. The van der Waals surface area contributed by atoms with E-state index in [1.807, 2.05) is 6.08 Å². The van der Waals surface area contributed by atoms with Gasteiger partial charge in [0.1, 0.15) is 5.82 Å². The first-order valence-electron chi connectivity index (χ1n) is 10.8. The molecule has 0 spiro atoms. The number of benzene rings is 1. The predicted molar refractivity (Wildman–Crippen MR) is 117 cm³/mol. The number of carbonyl (C=O) groups is 1. The molecule has 2 aromatic rings. The number of nitrogens with one attached hydrogen (secondary N) is 1. The first-order valence-corrected chi connectivity index (χ1v) is 11.8. The predicted octanol–water partition coefficient (Wildman–Crippen LogP) is 4.80. The molecule has 1 heterocycles. The number of aryl methyl sites for hydroxylation is 1. The van der Waals surface area contributed by atoms with Crippen LogP contribution in [0.2, 0.25) is 0 Å². The minimum absolute atomic E-state index is 0.0593. The summed E-state index contributed by atoms with van der Waals surface area (Å²) in [5.74, 6) is 1.97. The number of allylic oxidation sites excluding steroid dienone is 1. The van der Waals surface area contributed by atoms with Crippen molar-refractivity contribution in [3.8, 4) is 0 Å². The van der Waals surface area contributed by atoms with Gasteiger partial charge in [-0.3, -0.25) is 4.79 Å². The third-order valence-electron chi connectivity index (χ3n) is 6.06. The van der Waals surface area contributed by atoms with Crippen LogP contribution in [0.4, 0.5) is 0 Å². The summed E-state index contributed by atoms with van der Waals surface area (Å²) in [4.78, 5) is 12.7. The van der Waals surface area contributed by atoms with Crippen LogP contribution in [0.1, 0.15) is 73.9 Å². The van der Waals surface area contributed by atoms with Crippen LogP contribution < -0.4 is 5.32 Å².